The average molecular weight is 284 g/mol. The fourth-order valence-electron chi connectivity index (χ4n) is 1.35. The number of carbonyl (C=O) groups excluding carboxylic acids is 1. The smallest absolute Gasteiger partial charge is 0.257 e. The maximum atomic E-state index is 11.9. The van der Waals surface area contributed by atoms with E-state index >= 15 is 0 Å². The minimum Gasteiger partial charge on any atom is -0.399 e. The number of nitrogens with one attached hydrogen (secondary N) is 1. The Kier molecular flexibility index (Phi) is 4.95. The molecule has 2 aromatic rings. The van der Waals surface area contributed by atoms with E-state index in [1.165, 1.54) is 6.07 Å². The Labute approximate surface area is 116 Å². The molecule has 1 aromatic heterocycles. The number of rotatable bonds is 2. The Bertz CT molecular complexity index is 546. The van der Waals surface area contributed by atoms with Gasteiger partial charge in [-0.15, -0.1) is 12.4 Å². The van der Waals surface area contributed by atoms with Crippen LogP contribution in [0.3, 0.4) is 0 Å². The monoisotopic (exact) mass is 283 g/mol. The zero-order valence-corrected chi connectivity index (χ0v) is 10.8. The van der Waals surface area contributed by atoms with Crippen LogP contribution in [0, 0.1) is 0 Å². The topological polar surface area (TPSA) is 68.0 Å². The van der Waals surface area contributed by atoms with E-state index in [0.717, 1.165) is 0 Å². The van der Waals surface area contributed by atoms with Crippen LogP contribution in [0.4, 0.5) is 11.4 Å². The number of anilines is 2. The third-order valence-corrected chi connectivity index (χ3v) is 2.48. The quantitative estimate of drug-likeness (QED) is 0.833. The van der Waals surface area contributed by atoms with Crippen LogP contribution in [0.15, 0.2) is 42.7 Å². The van der Waals surface area contributed by atoms with E-state index in [-0.39, 0.29) is 18.3 Å². The number of nitrogens with zero attached hydrogens (tertiary/aromatic N) is 1. The molecule has 2 rings (SSSR count). The summed E-state index contributed by atoms with van der Waals surface area (Å²) in [6.07, 6.45) is 3.18. The van der Waals surface area contributed by atoms with Crippen LogP contribution in [0.2, 0.25) is 5.02 Å². The zero-order valence-electron chi connectivity index (χ0n) is 9.26. The summed E-state index contributed by atoms with van der Waals surface area (Å²) in [6.45, 7) is 0. The molecule has 0 saturated heterocycles. The van der Waals surface area contributed by atoms with Crippen molar-refractivity contribution in [2.45, 2.75) is 0 Å². The van der Waals surface area contributed by atoms with E-state index < -0.39 is 0 Å². The molecule has 0 aliphatic rings. The highest BCUT2D eigenvalue weighted by molar-refractivity contribution is 6.34. The van der Waals surface area contributed by atoms with Crippen molar-refractivity contribution in [3.63, 3.8) is 0 Å². The molecule has 4 nitrogen and oxygen atoms in total. The molecule has 0 radical (unpaired) electrons. The van der Waals surface area contributed by atoms with Crippen LogP contribution < -0.4 is 11.1 Å². The van der Waals surface area contributed by atoms with Crippen LogP contribution in [0.1, 0.15) is 10.4 Å². The maximum Gasteiger partial charge on any atom is 0.257 e. The van der Waals surface area contributed by atoms with Gasteiger partial charge in [0.05, 0.1) is 22.5 Å². The third kappa shape index (κ3) is 3.35. The normalized spacial score (nSPS) is 9.39. The number of hydrogen-bond acceptors (Lipinski definition) is 3. The number of aromatic nitrogens is 1. The molecule has 0 saturated carbocycles. The van der Waals surface area contributed by atoms with Crippen LogP contribution in [-0.4, -0.2) is 10.9 Å². The van der Waals surface area contributed by atoms with Crippen LogP contribution in [0.5, 0.6) is 0 Å². The van der Waals surface area contributed by atoms with Crippen molar-refractivity contribution in [2.24, 2.45) is 0 Å². The van der Waals surface area contributed by atoms with Crippen molar-refractivity contribution >= 4 is 41.3 Å². The lowest BCUT2D eigenvalue weighted by Gasteiger charge is -2.06. The summed E-state index contributed by atoms with van der Waals surface area (Å²) in [5, 5.41) is 3.05. The molecule has 3 N–H and O–H groups in total. The van der Waals surface area contributed by atoms with Gasteiger partial charge in [-0.25, -0.2) is 0 Å². The molecule has 0 aliphatic heterocycles. The van der Waals surface area contributed by atoms with Gasteiger partial charge >= 0.3 is 0 Å². The van der Waals surface area contributed by atoms with Crippen LogP contribution in [0.25, 0.3) is 0 Å². The lowest BCUT2D eigenvalue weighted by molar-refractivity contribution is 0.102. The molecule has 6 heteroatoms. The molecule has 0 unspecified atom stereocenters. The molecular weight excluding hydrogens is 273 g/mol. The van der Waals surface area contributed by atoms with Gasteiger partial charge in [-0.2, -0.15) is 0 Å². The van der Waals surface area contributed by atoms with E-state index in [0.29, 0.717) is 22.0 Å². The van der Waals surface area contributed by atoms with Gasteiger partial charge < -0.3 is 11.1 Å². The van der Waals surface area contributed by atoms with Crippen molar-refractivity contribution in [2.75, 3.05) is 11.1 Å². The Morgan fingerprint density at radius 3 is 2.78 bits per heavy atom. The molecule has 1 heterocycles. The first kappa shape index (κ1) is 14.3. The zero-order chi connectivity index (χ0) is 12.3. The lowest BCUT2D eigenvalue weighted by Crippen LogP contribution is -2.12. The second kappa shape index (κ2) is 6.23. The summed E-state index contributed by atoms with van der Waals surface area (Å²) in [4.78, 5) is 15.8. The lowest BCUT2D eigenvalue weighted by atomic mass is 10.2. The minimum absolute atomic E-state index is 0. The van der Waals surface area contributed by atoms with Crippen molar-refractivity contribution in [1.82, 2.24) is 4.98 Å². The highest BCUT2D eigenvalue weighted by Crippen LogP contribution is 2.20. The number of hydrogen-bond donors (Lipinski definition) is 2. The van der Waals surface area contributed by atoms with Gasteiger partial charge in [-0.1, -0.05) is 11.6 Å². The molecular formula is C12H11Cl2N3O. The Morgan fingerprint density at radius 2 is 2.11 bits per heavy atom. The molecule has 94 valence electrons. The Morgan fingerprint density at radius 1 is 1.33 bits per heavy atom. The average Bonchev–Trinajstić information content (AvgIpc) is 2.33. The number of nitrogens with two attached hydrogens (primary N) is 1. The number of halogens is 2. The number of pyridine rings is 1. The van der Waals surface area contributed by atoms with E-state index in [2.05, 4.69) is 10.3 Å². The standard InChI is InChI=1S/C12H10ClN3O.ClH/c13-11-4-3-8(14)6-10(11)12(17)16-9-2-1-5-15-7-9;/h1-7H,14H2,(H,16,17);1H. The Hall–Kier alpha value is -1.78. The fraction of sp³-hybridized carbons (Fsp3) is 0. The highest BCUT2D eigenvalue weighted by atomic mass is 35.5. The highest BCUT2D eigenvalue weighted by Gasteiger charge is 2.10. The summed E-state index contributed by atoms with van der Waals surface area (Å²) in [5.41, 5.74) is 7.05. The molecule has 1 aromatic carbocycles. The summed E-state index contributed by atoms with van der Waals surface area (Å²) in [7, 11) is 0. The van der Waals surface area contributed by atoms with E-state index in [9.17, 15) is 4.79 Å². The predicted molar refractivity (Wildman–Crippen MR) is 75.3 cm³/mol. The first-order chi connectivity index (χ1) is 8.16. The van der Waals surface area contributed by atoms with Crippen molar-refractivity contribution < 1.29 is 4.79 Å². The second-order valence-electron chi connectivity index (χ2n) is 3.44. The summed E-state index contributed by atoms with van der Waals surface area (Å²) < 4.78 is 0. The third-order valence-electron chi connectivity index (χ3n) is 2.15. The molecule has 0 atom stereocenters. The van der Waals surface area contributed by atoms with E-state index in [4.69, 9.17) is 17.3 Å². The number of benzene rings is 1. The number of carbonyl (C=O) groups is 1. The maximum absolute atomic E-state index is 11.9. The van der Waals surface area contributed by atoms with Gasteiger partial charge in [-0.3, -0.25) is 9.78 Å². The van der Waals surface area contributed by atoms with E-state index in [1.807, 2.05) is 0 Å². The minimum atomic E-state index is -0.310. The molecule has 0 spiro atoms. The fourth-order valence-corrected chi connectivity index (χ4v) is 1.56. The Balaban J connectivity index is 0.00000162. The predicted octanol–water partition coefficient (Wildman–Crippen LogP) is 2.99. The number of amides is 1. The van der Waals surface area contributed by atoms with Crippen LogP contribution in [-0.2, 0) is 0 Å². The second-order valence-corrected chi connectivity index (χ2v) is 3.84. The number of nitrogen functional groups attached to an aromatic ring is 1. The summed E-state index contributed by atoms with van der Waals surface area (Å²) in [5.74, 6) is -0.310. The van der Waals surface area contributed by atoms with Crippen molar-refractivity contribution in [1.29, 1.82) is 0 Å². The van der Waals surface area contributed by atoms with E-state index in [1.54, 1.807) is 36.7 Å². The molecule has 0 bridgehead atoms. The van der Waals surface area contributed by atoms with Gasteiger partial charge in [0.15, 0.2) is 0 Å². The van der Waals surface area contributed by atoms with Crippen LogP contribution >= 0.6 is 24.0 Å². The van der Waals surface area contributed by atoms with Gasteiger partial charge in [0.2, 0.25) is 0 Å². The molecule has 1 amide bonds. The van der Waals surface area contributed by atoms with Gasteiger partial charge in [0.25, 0.3) is 5.91 Å². The van der Waals surface area contributed by atoms with Gasteiger partial charge in [0, 0.05) is 11.9 Å². The molecule has 18 heavy (non-hydrogen) atoms. The molecule has 0 fully saturated rings. The van der Waals surface area contributed by atoms with Gasteiger partial charge in [0.1, 0.15) is 0 Å². The SMILES string of the molecule is Cl.Nc1ccc(Cl)c(C(=O)Nc2cccnc2)c1. The summed E-state index contributed by atoms with van der Waals surface area (Å²) >= 11 is 5.93. The first-order valence-electron chi connectivity index (χ1n) is 4.93. The van der Waals surface area contributed by atoms with Crippen molar-refractivity contribution in [3.05, 3.63) is 53.3 Å². The summed E-state index contributed by atoms with van der Waals surface area (Å²) in [6, 6.07) is 8.24. The largest absolute Gasteiger partial charge is 0.399 e. The molecule has 0 aliphatic carbocycles. The van der Waals surface area contributed by atoms with Gasteiger partial charge in [-0.05, 0) is 30.3 Å². The first-order valence-corrected chi connectivity index (χ1v) is 5.31. The van der Waals surface area contributed by atoms with Crippen molar-refractivity contribution in [3.8, 4) is 0 Å².